The molecule has 7 heteroatoms. The van der Waals surface area contributed by atoms with Gasteiger partial charge in [-0.25, -0.2) is 5.43 Å². The first-order valence-corrected chi connectivity index (χ1v) is 10.0. The molecular weight excluding hydrogens is 448 g/mol. The first-order valence-electron chi connectivity index (χ1n) is 7.80. The predicted molar refractivity (Wildman–Crippen MR) is 112 cm³/mol. The lowest BCUT2D eigenvalue weighted by molar-refractivity contribution is 0.0955. The quantitative estimate of drug-likeness (QED) is 0.269. The first-order chi connectivity index (χ1) is 12.1. The van der Waals surface area contributed by atoms with Crippen LogP contribution in [-0.4, -0.2) is 35.9 Å². The van der Waals surface area contributed by atoms with Crippen molar-refractivity contribution in [3.05, 3.63) is 59.7 Å². The molecule has 0 saturated carbocycles. The maximum atomic E-state index is 12.0. The fourth-order valence-corrected chi connectivity index (χ4v) is 3.07. The highest BCUT2D eigenvalue weighted by Crippen LogP contribution is 2.15. The molecule has 0 spiro atoms. The lowest BCUT2D eigenvalue weighted by Crippen LogP contribution is -2.27. The van der Waals surface area contributed by atoms with E-state index in [0.29, 0.717) is 11.3 Å². The number of hydrogen-bond donors (Lipinski definition) is 2. The van der Waals surface area contributed by atoms with Gasteiger partial charge in [-0.3, -0.25) is 4.79 Å². The van der Waals surface area contributed by atoms with Crippen molar-refractivity contribution < 1.29 is 4.79 Å². The summed E-state index contributed by atoms with van der Waals surface area (Å²) in [7, 11) is 0. The van der Waals surface area contributed by atoms with Crippen molar-refractivity contribution >= 4 is 55.4 Å². The smallest absolute Gasteiger partial charge is 0.271 e. The van der Waals surface area contributed by atoms with E-state index in [4.69, 9.17) is 5.73 Å². The van der Waals surface area contributed by atoms with E-state index in [1.807, 2.05) is 12.1 Å². The van der Waals surface area contributed by atoms with Gasteiger partial charge >= 0.3 is 0 Å². The number of hydrogen-bond acceptors (Lipinski definition) is 4. The number of nitrogen functional groups attached to an aromatic ring is 1. The molecule has 0 unspecified atom stereocenters. The van der Waals surface area contributed by atoms with Gasteiger partial charge in [-0.1, -0.05) is 44.0 Å². The molecule has 0 aliphatic heterocycles. The standard InChI is InChI=1S/C18H20Br2N4O/c19-9-11-24(12-10-20)17-7-1-14(2-8-17)13-22-23-18(25)15-3-5-16(21)6-4-15/h1-8,13H,9-12,21H2,(H,23,25). The van der Waals surface area contributed by atoms with Gasteiger partial charge in [0.1, 0.15) is 0 Å². The van der Waals surface area contributed by atoms with E-state index in [1.54, 1.807) is 30.5 Å². The van der Waals surface area contributed by atoms with E-state index < -0.39 is 0 Å². The van der Waals surface area contributed by atoms with Crippen molar-refractivity contribution in [2.45, 2.75) is 0 Å². The van der Waals surface area contributed by atoms with Crippen LogP contribution in [0.4, 0.5) is 11.4 Å². The Labute approximate surface area is 164 Å². The number of hydrazone groups is 1. The summed E-state index contributed by atoms with van der Waals surface area (Å²) < 4.78 is 0. The van der Waals surface area contributed by atoms with Crippen molar-refractivity contribution in [2.24, 2.45) is 5.10 Å². The summed E-state index contributed by atoms with van der Waals surface area (Å²) in [6.45, 7) is 1.88. The zero-order chi connectivity index (χ0) is 18.1. The molecule has 0 aromatic heterocycles. The van der Waals surface area contributed by atoms with Crippen LogP contribution >= 0.6 is 31.9 Å². The molecule has 132 valence electrons. The van der Waals surface area contributed by atoms with Crippen LogP contribution in [-0.2, 0) is 0 Å². The van der Waals surface area contributed by atoms with Gasteiger partial charge in [0.05, 0.1) is 6.21 Å². The maximum absolute atomic E-state index is 12.0. The molecule has 5 nitrogen and oxygen atoms in total. The molecule has 0 heterocycles. The SMILES string of the molecule is Nc1ccc(C(=O)NN=Cc2ccc(N(CCBr)CCBr)cc2)cc1. The van der Waals surface area contributed by atoms with Crippen LogP contribution in [0.25, 0.3) is 0 Å². The summed E-state index contributed by atoms with van der Waals surface area (Å²) >= 11 is 6.95. The third-order valence-corrected chi connectivity index (χ3v) is 4.23. The molecule has 0 bridgehead atoms. The van der Waals surface area contributed by atoms with Gasteiger partial charge < -0.3 is 10.6 Å². The fraction of sp³-hybridized carbons (Fsp3) is 0.222. The highest BCUT2D eigenvalue weighted by Gasteiger charge is 2.05. The van der Waals surface area contributed by atoms with E-state index >= 15 is 0 Å². The van der Waals surface area contributed by atoms with Gasteiger partial charge in [0.2, 0.25) is 0 Å². The van der Waals surface area contributed by atoms with Gasteiger partial charge in [0.15, 0.2) is 0 Å². The lowest BCUT2D eigenvalue weighted by atomic mass is 10.2. The highest BCUT2D eigenvalue weighted by atomic mass is 79.9. The molecule has 0 saturated heterocycles. The van der Waals surface area contributed by atoms with Gasteiger partial charge in [0, 0.05) is 40.7 Å². The molecule has 2 aromatic carbocycles. The monoisotopic (exact) mass is 466 g/mol. The summed E-state index contributed by atoms with van der Waals surface area (Å²) in [5.74, 6) is -0.270. The van der Waals surface area contributed by atoms with E-state index in [-0.39, 0.29) is 5.91 Å². The molecular formula is C18H20Br2N4O. The summed E-state index contributed by atoms with van der Waals surface area (Å²) in [5, 5.41) is 5.84. The van der Waals surface area contributed by atoms with E-state index in [9.17, 15) is 4.79 Å². The average Bonchev–Trinajstić information content (AvgIpc) is 2.62. The third-order valence-electron chi connectivity index (χ3n) is 3.52. The Morgan fingerprint density at radius 1 is 1.04 bits per heavy atom. The summed E-state index contributed by atoms with van der Waals surface area (Å²) in [6.07, 6.45) is 1.62. The van der Waals surface area contributed by atoms with Crippen molar-refractivity contribution in [1.29, 1.82) is 0 Å². The Kier molecular flexibility index (Phi) is 7.94. The molecule has 2 rings (SSSR count). The summed E-state index contributed by atoms with van der Waals surface area (Å²) in [5.41, 5.74) is 11.3. The normalized spacial score (nSPS) is 10.8. The second-order valence-corrected chi connectivity index (χ2v) is 6.86. The number of carbonyl (C=O) groups is 1. The Hall–Kier alpha value is -1.86. The van der Waals surface area contributed by atoms with E-state index in [0.717, 1.165) is 35.0 Å². The maximum Gasteiger partial charge on any atom is 0.271 e. The van der Waals surface area contributed by atoms with Gasteiger partial charge in [0.25, 0.3) is 5.91 Å². The number of rotatable bonds is 8. The first kappa shape index (κ1) is 19.5. The zero-order valence-electron chi connectivity index (χ0n) is 13.7. The molecule has 0 radical (unpaired) electrons. The minimum atomic E-state index is -0.270. The van der Waals surface area contributed by atoms with Crippen molar-refractivity contribution in [3.8, 4) is 0 Å². The van der Waals surface area contributed by atoms with Crippen LogP contribution in [0, 0.1) is 0 Å². The zero-order valence-corrected chi connectivity index (χ0v) is 16.8. The minimum Gasteiger partial charge on any atom is -0.399 e. The number of amides is 1. The molecule has 0 aliphatic carbocycles. The van der Waals surface area contributed by atoms with Gasteiger partial charge in [-0.05, 0) is 42.0 Å². The lowest BCUT2D eigenvalue weighted by Gasteiger charge is -2.23. The van der Waals surface area contributed by atoms with Crippen molar-refractivity contribution in [1.82, 2.24) is 5.43 Å². The summed E-state index contributed by atoms with van der Waals surface area (Å²) in [6, 6.07) is 14.7. The number of halogens is 2. The Morgan fingerprint density at radius 3 is 2.20 bits per heavy atom. The number of nitrogens with zero attached hydrogens (tertiary/aromatic N) is 2. The van der Waals surface area contributed by atoms with E-state index in [2.05, 4.69) is 59.4 Å². The predicted octanol–water partition coefficient (Wildman–Crippen LogP) is 3.63. The number of nitrogens with two attached hydrogens (primary N) is 1. The average molecular weight is 468 g/mol. The Morgan fingerprint density at radius 2 is 1.64 bits per heavy atom. The van der Waals surface area contributed by atoms with Gasteiger partial charge in [-0.2, -0.15) is 5.10 Å². The Balaban J connectivity index is 1.94. The topological polar surface area (TPSA) is 70.7 Å². The van der Waals surface area contributed by atoms with Crippen LogP contribution in [0.3, 0.4) is 0 Å². The Bertz CT molecular complexity index is 696. The molecule has 0 aliphatic rings. The van der Waals surface area contributed by atoms with Gasteiger partial charge in [-0.15, -0.1) is 0 Å². The second-order valence-electron chi connectivity index (χ2n) is 5.28. The van der Waals surface area contributed by atoms with Crippen LogP contribution in [0.15, 0.2) is 53.6 Å². The number of alkyl halides is 2. The second kappa shape index (κ2) is 10.2. The number of benzene rings is 2. The molecule has 0 atom stereocenters. The minimum absolute atomic E-state index is 0.270. The highest BCUT2D eigenvalue weighted by molar-refractivity contribution is 9.09. The van der Waals surface area contributed by atoms with E-state index in [1.165, 1.54) is 0 Å². The number of anilines is 2. The third kappa shape index (κ3) is 6.17. The van der Waals surface area contributed by atoms with Crippen molar-refractivity contribution in [2.75, 3.05) is 34.4 Å². The van der Waals surface area contributed by atoms with Crippen LogP contribution in [0.2, 0.25) is 0 Å². The molecule has 2 aromatic rings. The summed E-state index contributed by atoms with van der Waals surface area (Å²) in [4.78, 5) is 14.2. The van der Waals surface area contributed by atoms with Crippen LogP contribution < -0.4 is 16.1 Å². The molecule has 25 heavy (non-hydrogen) atoms. The number of nitrogens with one attached hydrogen (secondary N) is 1. The number of carbonyl (C=O) groups excluding carboxylic acids is 1. The largest absolute Gasteiger partial charge is 0.399 e. The molecule has 0 fully saturated rings. The van der Waals surface area contributed by atoms with Crippen molar-refractivity contribution in [3.63, 3.8) is 0 Å². The molecule has 1 amide bonds. The molecule has 3 N–H and O–H groups in total. The van der Waals surface area contributed by atoms with Crippen LogP contribution in [0.1, 0.15) is 15.9 Å². The van der Waals surface area contributed by atoms with Crippen LogP contribution in [0.5, 0.6) is 0 Å². The fourth-order valence-electron chi connectivity index (χ4n) is 2.21.